The van der Waals surface area contributed by atoms with Gasteiger partial charge in [-0.3, -0.25) is 4.21 Å². The van der Waals surface area contributed by atoms with Crippen molar-refractivity contribution in [3.05, 3.63) is 23.8 Å². The van der Waals surface area contributed by atoms with E-state index in [2.05, 4.69) is 0 Å². The molecule has 0 amide bonds. The topological polar surface area (TPSA) is 61.5 Å². The Bertz CT molecular complexity index is 381. The van der Waals surface area contributed by atoms with Crippen LogP contribution in [0.4, 0.5) is 0 Å². The third-order valence-corrected chi connectivity index (χ3v) is 3.08. The number of methoxy groups -OCH3 is 2. The van der Waals surface area contributed by atoms with Gasteiger partial charge in [-0.25, -0.2) is 0 Å². The van der Waals surface area contributed by atoms with Crippen LogP contribution in [0, 0.1) is 0 Å². The molecule has 2 atom stereocenters. The summed E-state index contributed by atoms with van der Waals surface area (Å²) < 4.78 is 21.4. The maximum Gasteiger partial charge on any atom is 0.161 e. The summed E-state index contributed by atoms with van der Waals surface area (Å²) in [5, 5.41) is 0. The molecule has 1 rings (SSSR count). The summed E-state index contributed by atoms with van der Waals surface area (Å²) in [5.41, 5.74) is 6.82. The summed E-state index contributed by atoms with van der Waals surface area (Å²) in [7, 11) is 2.25. The van der Waals surface area contributed by atoms with Crippen LogP contribution < -0.4 is 15.2 Å². The SMILES string of the molecule is COc1ccc(C(N)CS(C)=O)cc1OC. The van der Waals surface area contributed by atoms with E-state index >= 15 is 0 Å². The molecule has 1 aromatic rings. The summed E-state index contributed by atoms with van der Waals surface area (Å²) in [6.45, 7) is 0. The van der Waals surface area contributed by atoms with Crippen molar-refractivity contribution in [2.24, 2.45) is 5.73 Å². The van der Waals surface area contributed by atoms with Gasteiger partial charge in [0, 0.05) is 28.9 Å². The molecule has 0 saturated heterocycles. The molecular weight excluding hydrogens is 226 g/mol. The molecule has 0 aromatic heterocycles. The Labute approximate surface area is 98.2 Å². The van der Waals surface area contributed by atoms with E-state index in [1.54, 1.807) is 26.5 Å². The van der Waals surface area contributed by atoms with Crippen LogP contribution in [-0.4, -0.2) is 30.4 Å². The highest BCUT2D eigenvalue weighted by molar-refractivity contribution is 7.84. The van der Waals surface area contributed by atoms with Crippen molar-refractivity contribution in [3.63, 3.8) is 0 Å². The number of ether oxygens (including phenoxy) is 2. The normalized spacial score (nSPS) is 14.2. The molecule has 0 aliphatic rings. The van der Waals surface area contributed by atoms with Gasteiger partial charge in [0.25, 0.3) is 0 Å². The largest absolute Gasteiger partial charge is 0.493 e. The molecule has 0 heterocycles. The van der Waals surface area contributed by atoms with Crippen molar-refractivity contribution >= 4 is 10.8 Å². The Morgan fingerprint density at radius 1 is 1.31 bits per heavy atom. The predicted octanol–water partition coefficient (Wildman–Crippen LogP) is 1.08. The smallest absolute Gasteiger partial charge is 0.161 e. The van der Waals surface area contributed by atoms with E-state index in [-0.39, 0.29) is 6.04 Å². The second-order valence-electron chi connectivity index (χ2n) is 3.46. The molecule has 4 nitrogen and oxygen atoms in total. The molecule has 5 heteroatoms. The fourth-order valence-electron chi connectivity index (χ4n) is 1.43. The number of benzene rings is 1. The van der Waals surface area contributed by atoms with Crippen molar-refractivity contribution in [2.75, 3.05) is 26.2 Å². The Morgan fingerprint density at radius 2 is 1.94 bits per heavy atom. The van der Waals surface area contributed by atoms with E-state index in [9.17, 15) is 4.21 Å². The van der Waals surface area contributed by atoms with Gasteiger partial charge in [0.15, 0.2) is 11.5 Å². The Kier molecular flexibility index (Phi) is 4.76. The first-order valence-corrected chi connectivity index (χ1v) is 6.58. The maximum atomic E-state index is 11.1. The minimum atomic E-state index is -0.909. The number of hydrogen-bond acceptors (Lipinski definition) is 4. The average molecular weight is 243 g/mol. The highest BCUT2D eigenvalue weighted by Crippen LogP contribution is 2.29. The van der Waals surface area contributed by atoms with Crippen LogP contribution in [-0.2, 0) is 10.8 Å². The zero-order valence-corrected chi connectivity index (χ0v) is 10.5. The third kappa shape index (κ3) is 3.21. The molecule has 90 valence electrons. The lowest BCUT2D eigenvalue weighted by molar-refractivity contribution is 0.354. The molecule has 0 spiro atoms. The van der Waals surface area contributed by atoms with Crippen LogP contribution in [0.1, 0.15) is 11.6 Å². The molecule has 1 aromatic carbocycles. The lowest BCUT2D eigenvalue weighted by Crippen LogP contribution is -2.17. The van der Waals surface area contributed by atoms with Crippen molar-refractivity contribution in [1.82, 2.24) is 0 Å². The van der Waals surface area contributed by atoms with Crippen LogP contribution in [0.3, 0.4) is 0 Å². The lowest BCUT2D eigenvalue weighted by Gasteiger charge is -2.13. The third-order valence-electron chi connectivity index (χ3n) is 2.25. The monoisotopic (exact) mass is 243 g/mol. The van der Waals surface area contributed by atoms with E-state index in [0.717, 1.165) is 5.56 Å². The molecule has 16 heavy (non-hydrogen) atoms. The summed E-state index contributed by atoms with van der Waals surface area (Å²) in [5.74, 6) is 1.74. The highest BCUT2D eigenvalue weighted by atomic mass is 32.2. The van der Waals surface area contributed by atoms with Gasteiger partial charge in [0.2, 0.25) is 0 Å². The van der Waals surface area contributed by atoms with Gasteiger partial charge in [-0.15, -0.1) is 0 Å². The van der Waals surface area contributed by atoms with Crippen LogP contribution in [0.2, 0.25) is 0 Å². The first-order chi connectivity index (χ1) is 7.58. The fraction of sp³-hybridized carbons (Fsp3) is 0.455. The van der Waals surface area contributed by atoms with Gasteiger partial charge < -0.3 is 15.2 Å². The highest BCUT2D eigenvalue weighted by Gasteiger charge is 2.11. The Balaban J connectivity index is 2.93. The molecule has 0 aliphatic carbocycles. The van der Waals surface area contributed by atoms with Gasteiger partial charge in [0.1, 0.15) is 0 Å². The maximum absolute atomic E-state index is 11.1. The first kappa shape index (κ1) is 13.0. The first-order valence-electron chi connectivity index (χ1n) is 4.86. The van der Waals surface area contributed by atoms with Crippen molar-refractivity contribution in [2.45, 2.75) is 6.04 Å². The zero-order chi connectivity index (χ0) is 12.1. The van der Waals surface area contributed by atoms with Crippen LogP contribution in [0.5, 0.6) is 11.5 Å². The summed E-state index contributed by atoms with van der Waals surface area (Å²) in [6, 6.07) is 5.23. The molecule has 2 unspecified atom stereocenters. The predicted molar refractivity (Wildman–Crippen MR) is 65.4 cm³/mol. The number of hydrogen-bond donors (Lipinski definition) is 1. The van der Waals surface area contributed by atoms with Gasteiger partial charge in [-0.05, 0) is 17.7 Å². The van der Waals surface area contributed by atoms with Gasteiger partial charge >= 0.3 is 0 Å². The van der Waals surface area contributed by atoms with E-state index in [4.69, 9.17) is 15.2 Å². The van der Waals surface area contributed by atoms with E-state index < -0.39 is 10.8 Å². The van der Waals surface area contributed by atoms with Crippen LogP contribution >= 0.6 is 0 Å². The van der Waals surface area contributed by atoms with Crippen molar-refractivity contribution in [1.29, 1.82) is 0 Å². The Morgan fingerprint density at radius 3 is 2.44 bits per heavy atom. The molecule has 2 N–H and O–H groups in total. The second kappa shape index (κ2) is 5.86. The molecular formula is C11H17NO3S. The van der Waals surface area contributed by atoms with Crippen molar-refractivity contribution in [3.8, 4) is 11.5 Å². The van der Waals surface area contributed by atoms with Gasteiger partial charge in [0.05, 0.1) is 14.2 Å². The van der Waals surface area contributed by atoms with E-state index in [0.29, 0.717) is 17.3 Å². The summed E-state index contributed by atoms with van der Waals surface area (Å²) in [6.07, 6.45) is 1.64. The molecule has 0 fully saturated rings. The molecule has 0 saturated carbocycles. The molecule has 0 radical (unpaired) electrons. The lowest BCUT2D eigenvalue weighted by atomic mass is 10.1. The average Bonchev–Trinajstić information content (AvgIpc) is 2.27. The van der Waals surface area contributed by atoms with Crippen LogP contribution in [0.15, 0.2) is 18.2 Å². The van der Waals surface area contributed by atoms with Crippen molar-refractivity contribution < 1.29 is 13.7 Å². The fourth-order valence-corrected chi connectivity index (χ4v) is 2.13. The molecule has 0 aliphatic heterocycles. The molecule has 0 bridgehead atoms. The summed E-state index contributed by atoms with van der Waals surface area (Å²) in [4.78, 5) is 0. The van der Waals surface area contributed by atoms with Gasteiger partial charge in [-0.2, -0.15) is 0 Å². The Hall–Kier alpha value is -1.07. The minimum absolute atomic E-state index is 0.245. The second-order valence-corrected chi connectivity index (χ2v) is 4.94. The van der Waals surface area contributed by atoms with E-state index in [1.807, 2.05) is 12.1 Å². The number of rotatable bonds is 5. The minimum Gasteiger partial charge on any atom is -0.493 e. The van der Waals surface area contributed by atoms with Crippen LogP contribution in [0.25, 0.3) is 0 Å². The standard InChI is InChI=1S/C11H17NO3S/c1-14-10-5-4-8(6-11(10)15-2)9(12)7-16(3)13/h4-6,9H,7,12H2,1-3H3. The number of nitrogens with two attached hydrogens (primary N) is 1. The van der Waals surface area contributed by atoms with Gasteiger partial charge in [-0.1, -0.05) is 6.07 Å². The van der Waals surface area contributed by atoms with E-state index in [1.165, 1.54) is 0 Å². The zero-order valence-electron chi connectivity index (χ0n) is 9.73. The summed E-state index contributed by atoms with van der Waals surface area (Å²) >= 11 is 0. The quantitative estimate of drug-likeness (QED) is 0.840.